The van der Waals surface area contributed by atoms with E-state index in [2.05, 4.69) is 8.67 Å². The van der Waals surface area contributed by atoms with E-state index in [9.17, 15) is 0 Å². The summed E-state index contributed by atoms with van der Waals surface area (Å²) in [6, 6.07) is 0. The summed E-state index contributed by atoms with van der Waals surface area (Å²) in [4.78, 5) is 0. The molecule has 0 aromatic heterocycles. The number of hydrogen-bond donors (Lipinski definition) is 4. The van der Waals surface area contributed by atoms with Crippen LogP contribution in [0.4, 0.5) is 0 Å². The molecule has 0 atom stereocenters. The third kappa shape index (κ3) is 36.7. The summed E-state index contributed by atoms with van der Waals surface area (Å²) < 4.78 is 55.9. The van der Waals surface area contributed by atoms with Crippen molar-refractivity contribution in [3.63, 3.8) is 0 Å². The third-order valence-electron chi connectivity index (χ3n) is 0.188. The van der Waals surface area contributed by atoms with E-state index in [4.69, 9.17) is 36.5 Å². The first kappa shape index (κ1) is 25.2. The zero-order valence-corrected chi connectivity index (χ0v) is 13.8. The summed E-state index contributed by atoms with van der Waals surface area (Å²) in [6.07, 6.45) is 0. The second-order valence-electron chi connectivity index (χ2n) is 1.00. The molecule has 0 aliphatic rings. The fraction of sp³-hybridized carbons (Fsp3) is 0. The molecule has 0 rings (SSSR count). The topological polar surface area (TPSA) is 168 Å². The zero-order valence-electron chi connectivity index (χ0n) is 9.05. The molecule has 0 heterocycles. The van der Waals surface area contributed by atoms with E-state index in [1.165, 1.54) is 0 Å². The molecule has 0 aromatic carbocycles. The molecule has 4 N–H and O–H groups in total. The van der Waals surface area contributed by atoms with Crippen molar-refractivity contribution in [1.29, 1.82) is 0 Å². The van der Waals surface area contributed by atoms with Crippen LogP contribution in [0.5, 0.6) is 0 Å². The first-order valence-electron chi connectivity index (χ1n) is 1.73. The molecule has 0 fully saturated rings. The van der Waals surface area contributed by atoms with Gasteiger partial charge < -0.3 is 2.85 Å². The van der Waals surface area contributed by atoms with Crippen LogP contribution >= 0.6 is 0 Å². The number of hydrogen-bond acceptors (Lipinski definition) is 8. The molecule has 10 nitrogen and oxygen atoms in total. The minimum absolute atomic E-state index is 0. The largest absolute Gasteiger partial charge is 1.00 e. The predicted molar refractivity (Wildman–Crippen MR) is 32.7 cm³/mol. The molecule has 80 valence electrons. The van der Waals surface area contributed by atoms with E-state index in [1.54, 1.807) is 0 Å². The molecule has 0 amide bonds. The quantitative estimate of drug-likeness (QED) is 0.166. The van der Waals surface area contributed by atoms with Gasteiger partial charge in [-0.1, -0.05) is 8.67 Å². The summed E-state index contributed by atoms with van der Waals surface area (Å²) in [6.45, 7) is 0. The first-order chi connectivity index (χ1) is 5.12. The minimum atomic E-state index is -4.61. The van der Waals surface area contributed by atoms with Crippen LogP contribution < -0.4 is 80.9 Å². The van der Waals surface area contributed by atoms with Gasteiger partial charge in [-0.15, -0.1) is 0 Å². The van der Waals surface area contributed by atoms with Crippen molar-refractivity contribution in [2.45, 2.75) is 0 Å². The molecule has 0 saturated heterocycles. The van der Waals surface area contributed by atoms with Crippen LogP contribution in [-0.2, 0) is 29.5 Å². The van der Waals surface area contributed by atoms with Crippen LogP contribution in [0, 0.1) is 0 Å². The van der Waals surface area contributed by atoms with Crippen molar-refractivity contribution in [1.82, 2.24) is 0 Å². The maximum Gasteiger partial charge on any atom is 1.00 e. The van der Waals surface area contributed by atoms with Gasteiger partial charge in [0.25, 0.3) is 0 Å². The van der Waals surface area contributed by atoms with Gasteiger partial charge in [-0.25, -0.2) is 10.5 Å². The predicted octanol–water partition coefficient (Wildman–Crippen LogP) is -7.21. The molecule has 0 unspecified atom stereocenters. The van der Waals surface area contributed by atoms with Crippen LogP contribution in [-0.4, -0.2) is 36.5 Å². The maximum atomic E-state index is 9.08. The maximum absolute atomic E-state index is 9.08. The molecular formula is H6KNaO10S2. The van der Waals surface area contributed by atoms with Crippen molar-refractivity contribution >= 4 is 20.8 Å². The van der Waals surface area contributed by atoms with Gasteiger partial charge in [0.1, 0.15) is 0 Å². The normalized spacial score (nSPS) is 10.0. The average Bonchev–Trinajstić information content (AvgIpc) is 1.86. The van der Waals surface area contributed by atoms with Gasteiger partial charge in [-0.05, 0) is 0 Å². The molecule has 0 radical (unpaired) electrons. The summed E-state index contributed by atoms with van der Waals surface area (Å²) in [5, 5.41) is 14.1. The summed E-state index contributed by atoms with van der Waals surface area (Å²) in [5.41, 5.74) is 0. The SMILES string of the molecule is O=S(=O)(O)OO.O=S(=O)(O)OO.[H-].[H-].[K+].[Na+]. The van der Waals surface area contributed by atoms with Crippen molar-refractivity contribution in [3.05, 3.63) is 0 Å². The molecule has 0 aromatic rings. The Labute approximate surface area is 147 Å². The summed E-state index contributed by atoms with van der Waals surface area (Å²) in [7, 11) is -9.21. The van der Waals surface area contributed by atoms with Gasteiger partial charge >= 0.3 is 102 Å². The standard InChI is InChI=1S/K.Na.2H2O5S.2H/c;;2*1-5-6(2,3)4;;/h;;2*1H,(H,2,3,4);;/q2*+1;;;2*-1. The Morgan fingerprint density at radius 3 is 0.929 bits per heavy atom. The fourth-order valence-electron chi connectivity index (χ4n) is 0. The molecule has 0 aliphatic heterocycles. The van der Waals surface area contributed by atoms with Gasteiger partial charge in [-0.3, -0.25) is 9.11 Å². The first-order valence-corrected chi connectivity index (χ1v) is 4.46. The summed E-state index contributed by atoms with van der Waals surface area (Å²) >= 11 is 0. The van der Waals surface area contributed by atoms with Crippen LogP contribution in [0.1, 0.15) is 2.85 Å². The smallest absolute Gasteiger partial charge is 1.00 e. The molecule has 0 aliphatic carbocycles. The van der Waals surface area contributed by atoms with E-state index in [-0.39, 0.29) is 83.8 Å². The monoisotopic (exact) mass is 292 g/mol. The second-order valence-corrected chi connectivity index (χ2v) is 3.01. The van der Waals surface area contributed by atoms with E-state index < -0.39 is 20.8 Å². The molecule has 14 heavy (non-hydrogen) atoms. The van der Waals surface area contributed by atoms with Crippen molar-refractivity contribution in [2.24, 2.45) is 0 Å². The van der Waals surface area contributed by atoms with Crippen molar-refractivity contribution in [2.75, 3.05) is 0 Å². The molecule has 0 saturated carbocycles. The third-order valence-corrected chi connectivity index (χ3v) is 0.565. The average molecular weight is 292 g/mol. The van der Waals surface area contributed by atoms with Crippen LogP contribution in [0.15, 0.2) is 0 Å². The van der Waals surface area contributed by atoms with Gasteiger partial charge in [0.05, 0.1) is 0 Å². The van der Waals surface area contributed by atoms with Gasteiger partial charge in [0.2, 0.25) is 0 Å². The van der Waals surface area contributed by atoms with Gasteiger partial charge in [-0.2, -0.15) is 16.8 Å². The summed E-state index contributed by atoms with van der Waals surface area (Å²) in [5.74, 6) is 0. The van der Waals surface area contributed by atoms with Crippen LogP contribution in [0.2, 0.25) is 0 Å². The molecule has 14 heteroatoms. The van der Waals surface area contributed by atoms with E-state index >= 15 is 0 Å². The Morgan fingerprint density at radius 1 is 0.857 bits per heavy atom. The van der Waals surface area contributed by atoms with Gasteiger partial charge in [0, 0.05) is 0 Å². The molecule has 0 bridgehead atoms. The Hall–Kier alpha value is 2.30. The fourth-order valence-corrected chi connectivity index (χ4v) is 0. The van der Waals surface area contributed by atoms with Crippen LogP contribution in [0.3, 0.4) is 0 Å². The Balaban J connectivity index is -0.0000000250. The van der Waals surface area contributed by atoms with Crippen molar-refractivity contribution in [3.8, 4) is 0 Å². The Kier molecular flexibility index (Phi) is 21.2. The van der Waals surface area contributed by atoms with E-state index in [0.717, 1.165) is 0 Å². The number of rotatable bonds is 2. The Bertz CT molecular complexity index is 263. The molecule has 0 spiro atoms. The molecular weight excluding hydrogens is 286 g/mol. The minimum Gasteiger partial charge on any atom is -1.00 e. The van der Waals surface area contributed by atoms with E-state index in [1.807, 2.05) is 0 Å². The van der Waals surface area contributed by atoms with Crippen LogP contribution in [0.25, 0.3) is 0 Å². The zero-order chi connectivity index (χ0) is 10.4. The second kappa shape index (κ2) is 11.8. The Morgan fingerprint density at radius 2 is 0.929 bits per heavy atom. The van der Waals surface area contributed by atoms with E-state index in [0.29, 0.717) is 0 Å². The van der Waals surface area contributed by atoms with Crippen molar-refractivity contribution < 1.29 is 129 Å². The van der Waals surface area contributed by atoms with Gasteiger partial charge in [0.15, 0.2) is 0 Å².